The first-order chi connectivity index (χ1) is 19.3. The van der Waals surface area contributed by atoms with Crippen molar-refractivity contribution in [3.63, 3.8) is 0 Å². The smallest absolute Gasteiger partial charge is 0.305 e. The first-order valence-electron chi connectivity index (χ1n) is 13.6. The molecule has 7 nitrogen and oxygen atoms in total. The van der Waals surface area contributed by atoms with Crippen molar-refractivity contribution in [2.24, 2.45) is 11.0 Å². The Kier molecular flexibility index (Phi) is 8.19. The maximum absolute atomic E-state index is 14.5. The van der Waals surface area contributed by atoms with Crippen molar-refractivity contribution in [3.05, 3.63) is 83.9 Å². The number of carbonyl (C=O) groups is 1. The lowest BCUT2D eigenvalue weighted by molar-refractivity contribution is -0.137. The molecule has 0 amide bonds. The zero-order valence-corrected chi connectivity index (χ0v) is 22.6. The van der Waals surface area contributed by atoms with Crippen LogP contribution in [0, 0.1) is 17.6 Å². The number of piperidine rings is 1. The average molecular weight is 550 g/mol. The van der Waals surface area contributed by atoms with Gasteiger partial charge in [0.1, 0.15) is 29.2 Å². The standard InChI is InChI=1S/C31H33F2N3O4/c1-3-39-26-12-13-27(33)29(18-26)35-16-14-25(15-17-35)40-24-10-8-23(9-11-24)36-28(19-30(37)38)20(2)31(34-36)21-4-6-22(32)7-5-21/h4-13,18,20,25,28H,3,14-17,19H2,1-2H3,(H,37,38). The van der Waals surface area contributed by atoms with Crippen molar-refractivity contribution in [1.29, 1.82) is 0 Å². The fourth-order valence-corrected chi connectivity index (χ4v) is 5.38. The SMILES string of the molecule is CCOc1ccc(F)c(N2CCC(Oc3ccc(N4N=C(c5ccc(F)cc5)C(C)C4CC(=O)O)cc3)CC2)c1. The van der Waals surface area contributed by atoms with Crippen molar-refractivity contribution in [2.75, 3.05) is 29.6 Å². The van der Waals surface area contributed by atoms with E-state index in [4.69, 9.17) is 14.6 Å². The zero-order valence-electron chi connectivity index (χ0n) is 22.6. The van der Waals surface area contributed by atoms with Crippen LogP contribution in [0.25, 0.3) is 0 Å². The van der Waals surface area contributed by atoms with Gasteiger partial charge in [-0.25, -0.2) is 8.78 Å². The summed E-state index contributed by atoms with van der Waals surface area (Å²) in [6, 6.07) is 18.0. The predicted octanol–water partition coefficient (Wildman–Crippen LogP) is 6.12. The Hall–Kier alpha value is -4.14. The highest BCUT2D eigenvalue weighted by atomic mass is 19.1. The van der Waals surface area contributed by atoms with Crippen molar-refractivity contribution in [3.8, 4) is 11.5 Å². The van der Waals surface area contributed by atoms with E-state index >= 15 is 0 Å². The minimum atomic E-state index is -0.909. The first-order valence-corrected chi connectivity index (χ1v) is 13.6. The van der Waals surface area contributed by atoms with Crippen LogP contribution in [0.2, 0.25) is 0 Å². The van der Waals surface area contributed by atoms with E-state index in [0.717, 1.165) is 29.8 Å². The Balaban J connectivity index is 1.25. The van der Waals surface area contributed by atoms with Crippen molar-refractivity contribution in [2.45, 2.75) is 45.3 Å². The quantitative estimate of drug-likeness (QED) is 0.347. The molecule has 0 saturated carbocycles. The molecule has 5 rings (SSSR count). The van der Waals surface area contributed by atoms with Gasteiger partial charge in [-0.05, 0) is 61.0 Å². The molecule has 0 bridgehead atoms. The van der Waals surface area contributed by atoms with E-state index in [2.05, 4.69) is 0 Å². The molecule has 2 heterocycles. The molecule has 0 spiro atoms. The Morgan fingerprint density at radius 3 is 2.33 bits per heavy atom. The summed E-state index contributed by atoms with van der Waals surface area (Å²) >= 11 is 0. The van der Waals surface area contributed by atoms with Crippen molar-refractivity contribution in [1.82, 2.24) is 0 Å². The second kappa shape index (κ2) is 11.9. The van der Waals surface area contributed by atoms with Gasteiger partial charge in [0, 0.05) is 37.9 Å². The predicted molar refractivity (Wildman–Crippen MR) is 150 cm³/mol. The third kappa shape index (κ3) is 6.03. The highest BCUT2D eigenvalue weighted by Gasteiger charge is 2.37. The van der Waals surface area contributed by atoms with Crippen LogP contribution in [-0.4, -0.2) is 48.6 Å². The maximum atomic E-state index is 14.5. The molecule has 2 aliphatic rings. The molecule has 2 aliphatic heterocycles. The number of hydrogen-bond donors (Lipinski definition) is 1. The highest BCUT2D eigenvalue weighted by Crippen LogP contribution is 2.34. The molecule has 3 aromatic rings. The van der Waals surface area contributed by atoms with E-state index in [-0.39, 0.29) is 36.1 Å². The van der Waals surface area contributed by atoms with Crippen LogP contribution in [0.3, 0.4) is 0 Å². The van der Waals surface area contributed by atoms with Gasteiger partial charge in [0.05, 0.1) is 36.2 Å². The molecule has 1 saturated heterocycles. The van der Waals surface area contributed by atoms with Gasteiger partial charge >= 0.3 is 5.97 Å². The molecular formula is C31H33F2N3O4. The third-order valence-electron chi connectivity index (χ3n) is 7.48. The number of nitrogens with zero attached hydrogens (tertiary/aromatic N) is 3. The summed E-state index contributed by atoms with van der Waals surface area (Å²) in [5.74, 6) is -0.310. The van der Waals surface area contributed by atoms with Gasteiger partial charge in [-0.15, -0.1) is 0 Å². The lowest BCUT2D eigenvalue weighted by atomic mass is 9.91. The van der Waals surface area contributed by atoms with Crippen LogP contribution in [0.1, 0.15) is 38.7 Å². The largest absolute Gasteiger partial charge is 0.494 e. The average Bonchev–Trinajstić information content (AvgIpc) is 3.26. The summed E-state index contributed by atoms with van der Waals surface area (Å²) in [6.07, 6.45) is 1.40. The fraction of sp³-hybridized carbons (Fsp3) is 0.355. The van der Waals surface area contributed by atoms with Crippen molar-refractivity contribution >= 4 is 23.1 Å². The first kappa shape index (κ1) is 27.4. The summed E-state index contributed by atoms with van der Waals surface area (Å²) in [6.45, 7) is 5.70. The second-order valence-electron chi connectivity index (χ2n) is 10.1. The highest BCUT2D eigenvalue weighted by molar-refractivity contribution is 6.05. The number of aliphatic carboxylic acids is 1. The number of rotatable bonds is 9. The van der Waals surface area contributed by atoms with Crippen LogP contribution in [0.4, 0.5) is 20.2 Å². The van der Waals surface area contributed by atoms with E-state index in [0.29, 0.717) is 36.9 Å². The molecule has 210 valence electrons. The molecule has 1 N–H and O–H groups in total. The summed E-state index contributed by atoms with van der Waals surface area (Å²) in [7, 11) is 0. The van der Waals surface area contributed by atoms with Crippen LogP contribution < -0.4 is 19.4 Å². The second-order valence-corrected chi connectivity index (χ2v) is 10.1. The minimum absolute atomic E-state index is 0.00472. The summed E-state index contributed by atoms with van der Waals surface area (Å²) < 4.78 is 39.7. The number of anilines is 2. The van der Waals surface area contributed by atoms with Gasteiger partial charge in [-0.3, -0.25) is 9.80 Å². The van der Waals surface area contributed by atoms with Gasteiger partial charge < -0.3 is 19.5 Å². The monoisotopic (exact) mass is 549 g/mol. The van der Waals surface area contributed by atoms with Crippen molar-refractivity contribution < 1.29 is 28.2 Å². The Morgan fingerprint density at radius 2 is 1.68 bits per heavy atom. The third-order valence-corrected chi connectivity index (χ3v) is 7.48. The number of benzene rings is 3. The Morgan fingerprint density at radius 1 is 1.00 bits per heavy atom. The van der Waals surface area contributed by atoms with E-state index in [1.54, 1.807) is 29.3 Å². The number of hydrogen-bond acceptors (Lipinski definition) is 6. The molecule has 0 aliphatic carbocycles. The number of ether oxygens (including phenoxy) is 2. The maximum Gasteiger partial charge on any atom is 0.305 e. The Labute approximate surface area is 232 Å². The lowest BCUT2D eigenvalue weighted by Crippen LogP contribution is -2.38. The number of hydrazone groups is 1. The van der Waals surface area contributed by atoms with Crippen LogP contribution in [0.15, 0.2) is 71.8 Å². The van der Waals surface area contributed by atoms with Crippen LogP contribution in [0.5, 0.6) is 11.5 Å². The fourth-order valence-electron chi connectivity index (χ4n) is 5.38. The Bertz CT molecular complexity index is 1360. The molecule has 0 aromatic heterocycles. The van der Waals surface area contributed by atoms with Crippen LogP contribution in [-0.2, 0) is 4.79 Å². The topological polar surface area (TPSA) is 74.6 Å². The van der Waals surface area contributed by atoms with E-state index in [9.17, 15) is 18.7 Å². The molecule has 0 radical (unpaired) electrons. The normalized spacial score (nSPS) is 19.4. The van der Waals surface area contributed by atoms with Gasteiger partial charge in [0.15, 0.2) is 0 Å². The summed E-state index contributed by atoms with van der Waals surface area (Å²) in [4.78, 5) is 13.7. The van der Waals surface area contributed by atoms with Gasteiger partial charge in [-0.1, -0.05) is 19.1 Å². The number of carboxylic acids is 1. The molecule has 3 aromatic carbocycles. The van der Waals surface area contributed by atoms with Gasteiger partial charge in [0.25, 0.3) is 0 Å². The molecule has 1 fully saturated rings. The molecule has 2 atom stereocenters. The minimum Gasteiger partial charge on any atom is -0.494 e. The number of carboxylic acid groups (broad SMARTS) is 1. The van der Waals surface area contributed by atoms with E-state index in [1.165, 1.54) is 18.2 Å². The van der Waals surface area contributed by atoms with Crippen LogP contribution >= 0.6 is 0 Å². The van der Waals surface area contributed by atoms with E-state index < -0.39 is 5.97 Å². The molecule has 2 unspecified atom stereocenters. The molecular weight excluding hydrogens is 516 g/mol. The number of halogens is 2. The lowest BCUT2D eigenvalue weighted by Gasteiger charge is -2.34. The summed E-state index contributed by atoms with van der Waals surface area (Å²) in [5, 5.41) is 16.0. The van der Waals surface area contributed by atoms with E-state index in [1.807, 2.05) is 43.0 Å². The molecule has 40 heavy (non-hydrogen) atoms. The summed E-state index contributed by atoms with van der Waals surface area (Å²) in [5.41, 5.74) is 2.79. The molecule has 9 heteroatoms. The van der Waals surface area contributed by atoms with Gasteiger partial charge in [-0.2, -0.15) is 5.10 Å². The zero-order chi connectivity index (χ0) is 28.2. The van der Waals surface area contributed by atoms with Gasteiger partial charge in [0.2, 0.25) is 0 Å².